The van der Waals surface area contributed by atoms with E-state index >= 15 is 0 Å². The van der Waals surface area contributed by atoms with E-state index in [2.05, 4.69) is 222 Å². The standard InChI is InChI=1S/C60H41N3OSSi/c1-3-41-42-25-11-16-34-51(42)63(60(41)61-4-2)53-36-18-30-47-48-31-20-38-55(59(48)65-58(47)53)66(39-21-7-5-8-22-39,40-23-9-6-10-24-40)54-37-19-29-46-45-28-17-35-52(56(45)64-57(46)54)62-49-32-14-12-26-43(49)44-27-13-15-33-50(44)62/h3-38H,1H2,2H3. The number of para-hydroxylation sites is 5. The molecule has 0 unspecified atom stereocenters. The third kappa shape index (κ3) is 5.34. The Morgan fingerprint density at radius 2 is 0.939 bits per heavy atom. The van der Waals surface area contributed by atoms with E-state index in [1.165, 1.54) is 51.7 Å². The predicted octanol–water partition coefficient (Wildman–Crippen LogP) is 13.7. The Bertz CT molecular complexity index is 4000. The maximum absolute atomic E-state index is 7.54. The van der Waals surface area contributed by atoms with Crippen molar-refractivity contribution in [3.05, 3.63) is 218 Å². The summed E-state index contributed by atoms with van der Waals surface area (Å²) in [6, 6.07) is 75.6. The Kier molecular flexibility index (Phi) is 8.75. The van der Waals surface area contributed by atoms with Gasteiger partial charge in [0.15, 0.2) is 13.7 Å². The smallest absolute Gasteiger partial charge is 0.185 e. The Hall–Kier alpha value is -8.03. The van der Waals surface area contributed by atoms with Crippen LogP contribution in [0.15, 0.2) is 222 Å². The molecule has 0 atom stereocenters. The number of rotatable bonds is 8. The molecule has 13 rings (SSSR count). The number of nitrogens with zero attached hydrogens (tertiary/aromatic N) is 3. The van der Waals surface area contributed by atoms with Crippen LogP contribution in [-0.2, 0) is 0 Å². The zero-order chi connectivity index (χ0) is 43.9. The number of hydrogen-bond acceptors (Lipinski definition) is 3. The van der Waals surface area contributed by atoms with Crippen molar-refractivity contribution in [2.24, 2.45) is 4.99 Å². The Morgan fingerprint density at radius 1 is 0.455 bits per heavy atom. The Labute approximate surface area is 386 Å². The number of aromatic nitrogens is 2. The van der Waals surface area contributed by atoms with Gasteiger partial charge in [-0.25, -0.2) is 4.99 Å². The molecule has 0 fully saturated rings. The van der Waals surface area contributed by atoms with Crippen LogP contribution in [0.5, 0.6) is 0 Å². The minimum Gasteiger partial charge on any atom is -0.454 e. The van der Waals surface area contributed by atoms with Crippen molar-refractivity contribution in [2.75, 3.05) is 0 Å². The van der Waals surface area contributed by atoms with Gasteiger partial charge in [-0.3, -0.25) is 4.57 Å². The van der Waals surface area contributed by atoms with E-state index in [4.69, 9.17) is 9.41 Å². The van der Waals surface area contributed by atoms with Gasteiger partial charge in [0.1, 0.15) is 11.4 Å². The van der Waals surface area contributed by atoms with E-state index < -0.39 is 8.07 Å². The third-order valence-electron chi connectivity index (χ3n) is 13.6. The largest absolute Gasteiger partial charge is 0.454 e. The molecule has 0 spiro atoms. The first-order chi connectivity index (χ1) is 32.7. The van der Waals surface area contributed by atoms with Gasteiger partial charge in [0.2, 0.25) is 0 Å². The van der Waals surface area contributed by atoms with Gasteiger partial charge in [-0.2, -0.15) is 0 Å². The van der Waals surface area contributed by atoms with Crippen molar-refractivity contribution in [3.8, 4) is 11.4 Å². The number of thiophene rings is 1. The van der Waals surface area contributed by atoms with E-state index in [1.54, 1.807) is 0 Å². The number of benzene rings is 9. The number of fused-ring (bicyclic) bond motifs is 10. The molecule has 0 aliphatic carbocycles. The molecule has 4 nitrogen and oxygen atoms in total. The molecule has 0 radical (unpaired) electrons. The summed E-state index contributed by atoms with van der Waals surface area (Å²) in [6.07, 6.45) is 3.82. The SMILES string of the molecule is C=Cc1c(N=CC)n(-c2cccc3c2sc2c([Si](c4ccccc4)(c4ccccc4)c4cccc5c4oc4c(-n6c7ccccc7c7ccccc76)cccc45)cccc23)c2ccccc12. The van der Waals surface area contributed by atoms with Crippen LogP contribution in [0.2, 0.25) is 0 Å². The summed E-state index contributed by atoms with van der Waals surface area (Å²) in [5.74, 6) is 0.882. The molecule has 4 heterocycles. The molecule has 0 bridgehead atoms. The second-order valence-corrected chi connectivity index (χ2v) is 21.7. The number of hydrogen-bond donors (Lipinski definition) is 0. The molecule has 0 amide bonds. The van der Waals surface area contributed by atoms with Crippen molar-refractivity contribution in [1.29, 1.82) is 0 Å². The fourth-order valence-corrected chi connectivity index (χ4v) is 17.8. The fourth-order valence-electron chi connectivity index (χ4n) is 11.0. The second-order valence-electron chi connectivity index (χ2n) is 16.9. The highest BCUT2D eigenvalue weighted by Crippen LogP contribution is 2.43. The highest BCUT2D eigenvalue weighted by molar-refractivity contribution is 7.31. The monoisotopic (exact) mass is 879 g/mol. The summed E-state index contributed by atoms with van der Waals surface area (Å²) in [5, 5.41) is 13.4. The molecule has 312 valence electrons. The van der Waals surface area contributed by atoms with Gasteiger partial charge in [-0.1, -0.05) is 189 Å². The maximum atomic E-state index is 7.54. The van der Waals surface area contributed by atoms with E-state index in [9.17, 15) is 0 Å². The predicted molar refractivity (Wildman–Crippen MR) is 285 cm³/mol. The Balaban J connectivity index is 1.15. The van der Waals surface area contributed by atoms with Crippen LogP contribution >= 0.6 is 11.3 Å². The minimum atomic E-state index is -3.22. The van der Waals surface area contributed by atoms with E-state index in [0.717, 1.165) is 66.6 Å². The lowest BCUT2D eigenvalue weighted by Gasteiger charge is -2.34. The normalized spacial score (nSPS) is 12.3. The van der Waals surface area contributed by atoms with Crippen LogP contribution in [0.25, 0.3) is 92.3 Å². The summed E-state index contributed by atoms with van der Waals surface area (Å²) < 4.78 is 14.7. The van der Waals surface area contributed by atoms with E-state index in [0.29, 0.717) is 0 Å². The maximum Gasteiger partial charge on any atom is 0.185 e. The molecule has 0 saturated heterocycles. The summed E-state index contributed by atoms with van der Waals surface area (Å²) >= 11 is 1.89. The number of aliphatic imine (C=N–C) groups is 1. The summed E-state index contributed by atoms with van der Waals surface area (Å²) in [7, 11) is -3.22. The van der Waals surface area contributed by atoms with Crippen molar-refractivity contribution in [3.63, 3.8) is 0 Å². The van der Waals surface area contributed by atoms with Gasteiger partial charge in [0, 0.05) is 54.2 Å². The van der Waals surface area contributed by atoms with Crippen molar-refractivity contribution in [1.82, 2.24) is 9.13 Å². The molecular weight excluding hydrogens is 839 g/mol. The van der Waals surface area contributed by atoms with Gasteiger partial charge in [-0.15, -0.1) is 11.3 Å². The molecule has 66 heavy (non-hydrogen) atoms. The van der Waals surface area contributed by atoms with Crippen LogP contribution in [0.1, 0.15) is 12.5 Å². The fraction of sp³-hybridized carbons (Fsp3) is 0.0167. The molecule has 0 aliphatic rings. The molecule has 0 saturated carbocycles. The molecule has 0 N–H and O–H groups in total. The van der Waals surface area contributed by atoms with Gasteiger partial charge in [0.05, 0.1) is 32.6 Å². The van der Waals surface area contributed by atoms with Crippen LogP contribution in [0.4, 0.5) is 5.82 Å². The second kappa shape index (κ2) is 15.0. The van der Waals surface area contributed by atoms with Crippen molar-refractivity contribution >= 4 is 133 Å². The highest BCUT2D eigenvalue weighted by atomic mass is 32.1. The first kappa shape index (κ1) is 38.4. The quantitative estimate of drug-likeness (QED) is 0.0851. The summed E-state index contributed by atoms with van der Waals surface area (Å²) in [4.78, 5) is 4.99. The van der Waals surface area contributed by atoms with Crippen LogP contribution in [0.3, 0.4) is 0 Å². The van der Waals surface area contributed by atoms with E-state index in [-0.39, 0.29) is 0 Å². The molecule has 6 heteroatoms. The lowest BCUT2D eigenvalue weighted by Crippen LogP contribution is -2.74. The molecule has 4 aromatic heterocycles. The molecular formula is C60H41N3OSSi. The van der Waals surface area contributed by atoms with Gasteiger partial charge < -0.3 is 8.98 Å². The van der Waals surface area contributed by atoms with Crippen molar-refractivity contribution < 1.29 is 4.42 Å². The average Bonchev–Trinajstić information content (AvgIpc) is 4.13. The lowest BCUT2D eigenvalue weighted by atomic mass is 10.1. The van der Waals surface area contributed by atoms with Crippen LogP contribution < -0.4 is 20.7 Å². The lowest BCUT2D eigenvalue weighted by molar-refractivity contribution is 0.668. The third-order valence-corrected chi connectivity index (χ3v) is 19.9. The van der Waals surface area contributed by atoms with Gasteiger partial charge >= 0.3 is 0 Å². The first-order valence-corrected chi connectivity index (χ1v) is 25.3. The van der Waals surface area contributed by atoms with Crippen molar-refractivity contribution in [2.45, 2.75) is 6.92 Å². The summed E-state index contributed by atoms with van der Waals surface area (Å²) in [5.41, 5.74) is 8.38. The Morgan fingerprint density at radius 3 is 1.56 bits per heavy atom. The zero-order valence-electron chi connectivity index (χ0n) is 36.1. The number of furan rings is 1. The minimum absolute atomic E-state index is 0.878. The van der Waals surface area contributed by atoms with Gasteiger partial charge in [0.25, 0.3) is 0 Å². The van der Waals surface area contributed by atoms with Gasteiger partial charge in [-0.05, 0) is 58.0 Å². The molecule has 13 aromatic rings. The van der Waals surface area contributed by atoms with Crippen LogP contribution in [-0.4, -0.2) is 23.4 Å². The molecule has 9 aromatic carbocycles. The topological polar surface area (TPSA) is 35.4 Å². The highest BCUT2D eigenvalue weighted by Gasteiger charge is 2.45. The van der Waals surface area contributed by atoms with Crippen LogP contribution in [0, 0.1) is 0 Å². The molecule has 0 aliphatic heterocycles. The average molecular weight is 880 g/mol. The first-order valence-electron chi connectivity index (χ1n) is 22.4. The zero-order valence-corrected chi connectivity index (χ0v) is 38.0. The summed E-state index contributed by atoms with van der Waals surface area (Å²) in [6.45, 7) is 6.22. The van der Waals surface area contributed by atoms with E-state index in [1.807, 2.05) is 30.6 Å².